The fourth-order valence-electron chi connectivity index (χ4n) is 3.19. The van der Waals surface area contributed by atoms with Gasteiger partial charge in [0.2, 0.25) is 0 Å². The third kappa shape index (κ3) is 7.63. The molecule has 5 heteroatoms. The molecular formula is C27H33BrO4. The van der Waals surface area contributed by atoms with Gasteiger partial charge in [0.05, 0.1) is 0 Å². The van der Waals surface area contributed by atoms with Crippen LogP contribution in [0.3, 0.4) is 0 Å². The van der Waals surface area contributed by atoms with Gasteiger partial charge in [0.1, 0.15) is 11.4 Å². The van der Waals surface area contributed by atoms with E-state index in [1.807, 2.05) is 52.8 Å². The van der Waals surface area contributed by atoms with Gasteiger partial charge in [0.25, 0.3) is 0 Å². The molecular weight excluding hydrogens is 468 g/mol. The molecule has 0 aliphatic heterocycles. The van der Waals surface area contributed by atoms with E-state index in [1.165, 1.54) is 0 Å². The first kappa shape index (κ1) is 25.9. The smallest absolute Gasteiger partial charge is 0.350 e. The van der Waals surface area contributed by atoms with Crippen LogP contribution in [0.25, 0.3) is 0 Å². The fourth-order valence-corrected chi connectivity index (χ4v) is 3.46. The average molecular weight is 501 g/mol. The largest absolute Gasteiger partial charge is 0.476 e. The summed E-state index contributed by atoms with van der Waals surface area (Å²) in [4.78, 5) is 24.8. The highest BCUT2D eigenvalue weighted by Crippen LogP contribution is 2.30. The molecule has 0 saturated heterocycles. The lowest BCUT2D eigenvalue weighted by atomic mass is 10.0. The minimum absolute atomic E-state index is 0.00187. The molecule has 2 aromatic rings. The zero-order valence-corrected chi connectivity index (χ0v) is 21.6. The summed E-state index contributed by atoms with van der Waals surface area (Å²) in [6, 6.07) is 11.5. The maximum absolute atomic E-state index is 12.5. The molecule has 0 heterocycles. The highest BCUT2D eigenvalue weighted by molar-refractivity contribution is 9.10. The number of allylic oxidation sites excluding steroid dienone is 2. The maximum atomic E-state index is 12.5. The van der Waals surface area contributed by atoms with Crippen LogP contribution in [-0.2, 0) is 16.0 Å². The minimum Gasteiger partial charge on any atom is -0.476 e. The number of esters is 1. The topological polar surface area (TPSA) is 52.6 Å². The van der Waals surface area contributed by atoms with Gasteiger partial charge in [0, 0.05) is 10.0 Å². The van der Waals surface area contributed by atoms with Crippen LogP contribution in [0.2, 0.25) is 0 Å². The molecule has 2 rings (SSSR count). The molecule has 4 nitrogen and oxygen atoms in total. The summed E-state index contributed by atoms with van der Waals surface area (Å²) in [5.41, 5.74) is 2.09. The number of rotatable bonds is 8. The van der Waals surface area contributed by atoms with Crippen molar-refractivity contribution in [1.82, 2.24) is 0 Å². The van der Waals surface area contributed by atoms with Crippen LogP contribution in [0, 0.1) is 13.8 Å². The number of ketones is 1. The fraction of sp³-hybridized carbons (Fsp3) is 0.407. The van der Waals surface area contributed by atoms with E-state index in [0.29, 0.717) is 11.3 Å². The number of ether oxygens (including phenoxy) is 2. The zero-order valence-electron chi connectivity index (χ0n) is 20.0. The summed E-state index contributed by atoms with van der Waals surface area (Å²) in [6.45, 7) is 12.9. The van der Waals surface area contributed by atoms with Gasteiger partial charge in [-0.05, 0) is 108 Å². The SMILES string of the molecule is Cc1cc(CC/C=C/C(=O)c2ccc(Br)cc2)cc(C)c1OC(C)(C)C(=O)OC(C)(C)C. The van der Waals surface area contributed by atoms with Gasteiger partial charge in [-0.3, -0.25) is 4.79 Å². The van der Waals surface area contributed by atoms with E-state index in [4.69, 9.17) is 9.47 Å². The van der Waals surface area contributed by atoms with Crippen molar-refractivity contribution in [2.45, 2.75) is 72.5 Å². The lowest BCUT2D eigenvalue weighted by molar-refractivity contribution is -0.171. The van der Waals surface area contributed by atoms with Crippen LogP contribution < -0.4 is 4.74 Å². The Morgan fingerprint density at radius 3 is 2.06 bits per heavy atom. The van der Waals surface area contributed by atoms with Gasteiger partial charge in [-0.15, -0.1) is 0 Å². The average Bonchev–Trinajstić information content (AvgIpc) is 2.67. The van der Waals surface area contributed by atoms with Crippen LogP contribution in [0.15, 0.2) is 53.0 Å². The van der Waals surface area contributed by atoms with E-state index >= 15 is 0 Å². The third-order valence-corrected chi connectivity index (χ3v) is 5.29. The molecule has 32 heavy (non-hydrogen) atoms. The quantitative estimate of drug-likeness (QED) is 0.224. The van der Waals surface area contributed by atoms with E-state index < -0.39 is 17.2 Å². The number of halogens is 1. The van der Waals surface area contributed by atoms with Gasteiger partial charge < -0.3 is 9.47 Å². The Morgan fingerprint density at radius 1 is 0.969 bits per heavy atom. The normalized spacial score (nSPS) is 12.1. The van der Waals surface area contributed by atoms with Crippen molar-refractivity contribution in [3.05, 3.63) is 75.3 Å². The number of benzene rings is 2. The van der Waals surface area contributed by atoms with Gasteiger partial charge >= 0.3 is 5.97 Å². The van der Waals surface area contributed by atoms with Crippen LogP contribution >= 0.6 is 15.9 Å². The van der Waals surface area contributed by atoms with Crippen molar-refractivity contribution in [3.63, 3.8) is 0 Å². The molecule has 0 amide bonds. The van der Waals surface area contributed by atoms with E-state index in [1.54, 1.807) is 32.1 Å². The summed E-state index contributed by atoms with van der Waals surface area (Å²) in [6.07, 6.45) is 5.10. The lowest BCUT2D eigenvalue weighted by Crippen LogP contribution is -2.43. The van der Waals surface area contributed by atoms with Crippen LogP contribution in [0.1, 0.15) is 68.1 Å². The standard InChI is InChI=1S/C27H33BrO4/c1-18-16-20(10-8-9-11-23(29)21-12-14-22(28)15-13-21)17-19(2)24(18)31-27(6,7)25(30)32-26(3,4)5/h9,11-17H,8,10H2,1-7H3/b11-9+. The number of hydrogen-bond donors (Lipinski definition) is 0. The molecule has 0 unspecified atom stereocenters. The molecule has 0 aromatic heterocycles. The molecule has 0 aliphatic rings. The molecule has 0 N–H and O–H groups in total. The van der Waals surface area contributed by atoms with Gasteiger partial charge in [0.15, 0.2) is 11.4 Å². The predicted octanol–water partition coefficient (Wildman–Crippen LogP) is 6.94. The van der Waals surface area contributed by atoms with Crippen LogP contribution in [0.5, 0.6) is 5.75 Å². The van der Waals surface area contributed by atoms with E-state index in [9.17, 15) is 9.59 Å². The first-order valence-corrected chi connectivity index (χ1v) is 11.6. The Kier molecular flexibility index (Phi) is 8.47. The molecule has 2 aromatic carbocycles. The second-order valence-electron chi connectivity index (χ2n) is 9.49. The Bertz CT molecular complexity index is 972. The number of carbonyl (C=O) groups excluding carboxylic acids is 2. The molecule has 0 spiro atoms. The molecule has 0 radical (unpaired) electrons. The van der Waals surface area contributed by atoms with Crippen molar-refractivity contribution in [3.8, 4) is 5.75 Å². The predicted molar refractivity (Wildman–Crippen MR) is 132 cm³/mol. The van der Waals surface area contributed by atoms with Crippen LogP contribution in [-0.4, -0.2) is 23.0 Å². The zero-order chi connectivity index (χ0) is 24.1. The number of carbonyl (C=O) groups is 2. The number of aryl methyl sites for hydroxylation is 3. The summed E-state index contributed by atoms with van der Waals surface area (Å²) >= 11 is 3.37. The van der Waals surface area contributed by atoms with Gasteiger partial charge in [-0.2, -0.15) is 0 Å². The summed E-state index contributed by atoms with van der Waals surface area (Å²) in [5, 5.41) is 0. The monoisotopic (exact) mass is 500 g/mol. The van der Waals surface area contributed by atoms with Crippen molar-refractivity contribution in [2.75, 3.05) is 0 Å². The highest BCUT2D eigenvalue weighted by atomic mass is 79.9. The minimum atomic E-state index is -1.10. The molecule has 0 saturated carbocycles. The molecule has 172 valence electrons. The van der Waals surface area contributed by atoms with E-state index in [2.05, 4.69) is 28.1 Å². The third-order valence-electron chi connectivity index (χ3n) is 4.77. The first-order chi connectivity index (χ1) is 14.8. The first-order valence-electron chi connectivity index (χ1n) is 10.8. The van der Waals surface area contributed by atoms with Crippen LogP contribution in [0.4, 0.5) is 0 Å². The van der Waals surface area contributed by atoms with Crippen molar-refractivity contribution in [1.29, 1.82) is 0 Å². The van der Waals surface area contributed by atoms with Crippen molar-refractivity contribution >= 4 is 27.7 Å². The summed E-state index contributed by atoms with van der Waals surface area (Å²) in [5.74, 6) is 0.303. The Balaban J connectivity index is 2.02. The Morgan fingerprint density at radius 2 is 1.53 bits per heavy atom. The second kappa shape index (κ2) is 10.5. The molecule has 0 bridgehead atoms. The lowest BCUT2D eigenvalue weighted by Gasteiger charge is -2.30. The maximum Gasteiger partial charge on any atom is 0.350 e. The van der Waals surface area contributed by atoms with Crippen molar-refractivity contribution in [2.24, 2.45) is 0 Å². The molecule has 0 atom stereocenters. The Hall–Kier alpha value is -2.40. The number of hydrogen-bond acceptors (Lipinski definition) is 4. The second-order valence-corrected chi connectivity index (χ2v) is 10.4. The molecule has 0 aliphatic carbocycles. The highest BCUT2D eigenvalue weighted by Gasteiger charge is 2.35. The van der Waals surface area contributed by atoms with Gasteiger partial charge in [-0.1, -0.05) is 34.1 Å². The summed E-state index contributed by atoms with van der Waals surface area (Å²) in [7, 11) is 0. The Labute approximate surface area is 200 Å². The van der Waals surface area contributed by atoms with E-state index in [0.717, 1.165) is 34.0 Å². The van der Waals surface area contributed by atoms with E-state index in [-0.39, 0.29) is 5.78 Å². The van der Waals surface area contributed by atoms with Crippen molar-refractivity contribution < 1.29 is 19.1 Å². The van der Waals surface area contributed by atoms with Gasteiger partial charge in [-0.25, -0.2) is 4.79 Å². The summed E-state index contributed by atoms with van der Waals surface area (Å²) < 4.78 is 12.6. The molecule has 0 fully saturated rings.